The molecule has 0 fully saturated rings. The number of hydrogen-bond donors (Lipinski definition) is 0. The summed E-state index contributed by atoms with van der Waals surface area (Å²) in [6, 6.07) is 8.01. The molecule has 0 saturated heterocycles. The van der Waals surface area contributed by atoms with E-state index in [4.69, 9.17) is 9.47 Å². The van der Waals surface area contributed by atoms with Crippen LogP contribution in [-0.2, 0) is 4.74 Å². The maximum atomic E-state index is 11.3. The fourth-order valence-corrected chi connectivity index (χ4v) is 0.975. The molecule has 1 aromatic rings. The Kier molecular flexibility index (Phi) is 3.35. The van der Waals surface area contributed by atoms with Crippen molar-refractivity contribution in [1.82, 2.24) is 0 Å². The third-order valence-electron chi connectivity index (χ3n) is 1.60. The lowest BCUT2D eigenvalue weighted by Gasteiger charge is -2.18. The van der Waals surface area contributed by atoms with Gasteiger partial charge in [0.25, 0.3) is 0 Å². The van der Waals surface area contributed by atoms with Crippen molar-refractivity contribution in [2.45, 2.75) is 33.3 Å². The van der Waals surface area contributed by atoms with Crippen LogP contribution in [-0.4, -0.2) is 11.8 Å². The van der Waals surface area contributed by atoms with Gasteiger partial charge in [0.05, 0.1) is 0 Å². The molecule has 0 saturated carbocycles. The van der Waals surface area contributed by atoms with Crippen molar-refractivity contribution in [1.29, 1.82) is 0 Å². The summed E-state index contributed by atoms with van der Waals surface area (Å²) >= 11 is 0. The Labute approximate surface area is 90.0 Å². The summed E-state index contributed by atoms with van der Waals surface area (Å²) in [5.74, 6) is 0.503. The van der Waals surface area contributed by atoms with Gasteiger partial charge in [-0.3, -0.25) is 0 Å². The van der Waals surface area contributed by atoms with E-state index in [1.165, 1.54) is 0 Å². The molecule has 0 amide bonds. The summed E-state index contributed by atoms with van der Waals surface area (Å²) in [4.78, 5) is 11.3. The molecule has 1 rings (SSSR count). The fraction of sp³-hybridized carbons (Fsp3) is 0.417. The van der Waals surface area contributed by atoms with E-state index in [9.17, 15) is 4.79 Å². The molecule has 0 aliphatic rings. The molecule has 0 aromatic heterocycles. The van der Waals surface area contributed by atoms with Crippen LogP contribution in [0.25, 0.3) is 0 Å². The summed E-state index contributed by atoms with van der Waals surface area (Å²) in [6.07, 6.45) is -0.684. The first-order valence-corrected chi connectivity index (χ1v) is 4.76. The minimum absolute atomic E-state index is 0.503. The van der Waals surface area contributed by atoms with Gasteiger partial charge in [0.1, 0.15) is 11.4 Å². The largest absolute Gasteiger partial charge is 0.514 e. The van der Waals surface area contributed by atoms with Crippen LogP contribution >= 0.6 is 0 Å². The van der Waals surface area contributed by atoms with Crippen LogP contribution in [0.3, 0.4) is 0 Å². The molecule has 3 nitrogen and oxygen atoms in total. The average Bonchev–Trinajstić information content (AvgIpc) is 2.05. The first kappa shape index (κ1) is 11.6. The summed E-state index contributed by atoms with van der Waals surface area (Å²) in [5.41, 5.74) is 0.315. The third kappa shape index (κ3) is 4.02. The Morgan fingerprint density at radius 2 is 2.07 bits per heavy atom. The lowest BCUT2D eigenvalue weighted by Crippen LogP contribution is -2.26. The number of aryl methyl sites for hydroxylation is 1. The molecule has 15 heavy (non-hydrogen) atoms. The molecule has 1 aromatic carbocycles. The molecular formula is C12H15O3. The third-order valence-corrected chi connectivity index (χ3v) is 1.60. The number of carbonyl (C=O) groups excluding carboxylic acids is 1. The normalized spacial score (nSPS) is 10.9. The predicted molar refractivity (Wildman–Crippen MR) is 56.9 cm³/mol. The Bertz CT molecular complexity index is 350. The van der Waals surface area contributed by atoms with Gasteiger partial charge >= 0.3 is 6.16 Å². The Morgan fingerprint density at radius 1 is 1.40 bits per heavy atom. The van der Waals surface area contributed by atoms with Crippen LogP contribution in [0.4, 0.5) is 4.79 Å². The highest BCUT2D eigenvalue weighted by Crippen LogP contribution is 2.18. The number of rotatable bonds is 1. The summed E-state index contributed by atoms with van der Waals surface area (Å²) < 4.78 is 10.1. The van der Waals surface area contributed by atoms with Gasteiger partial charge in [-0.2, -0.15) is 0 Å². The van der Waals surface area contributed by atoms with E-state index in [-0.39, 0.29) is 0 Å². The molecule has 3 heteroatoms. The van der Waals surface area contributed by atoms with E-state index in [0.29, 0.717) is 5.75 Å². The minimum atomic E-state index is -0.684. The quantitative estimate of drug-likeness (QED) is 0.524. The van der Waals surface area contributed by atoms with Crippen molar-refractivity contribution < 1.29 is 14.3 Å². The van der Waals surface area contributed by atoms with Crippen molar-refractivity contribution in [3.8, 4) is 5.75 Å². The highest BCUT2D eigenvalue weighted by Gasteiger charge is 2.18. The monoisotopic (exact) mass is 207 g/mol. The van der Waals surface area contributed by atoms with Crippen molar-refractivity contribution in [2.24, 2.45) is 0 Å². The number of carbonyl (C=O) groups is 1. The number of hydrogen-bond acceptors (Lipinski definition) is 3. The molecule has 0 atom stereocenters. The van der Waals surface area contributed by atoms with Gasteiger partial charge in [0, 0.05) is 0 Å². The van der Waals surface area contributed by atoms with E-state index in [2.05, 4.69) is 6.07 Å². The molecule has 0 aliphatic carbocycles. The summed E-state index contributed by atoms with van der Waals surface area (Å²) in [5, 5.41) is 0. The van der Waals surface area contributed by atoms with E-state index >= 15 is 0 Å². The SMILES string of the molecule is Cc1c[c]ccc1OC(=O)OC(C)(C)C. The van der Waals surface area contributed by atoms with Gasteiger partial charge < -0.3 is 9.47 Å². The highest BCUT2D eigenvalue weighted by molar-refractivity contribution is 5.64. The van der Waals surface area contributed by atoms with Gasteiger partial charge in [-0.1, -0.05) is 6.07 Å². The second-order valence-electron chi connectivity index (χ2n) is 4.26. The van der Waals surface area contributed by atoms with Gasteiger partial charge in [-0.15, -0.1) is 0 Å². The number of benzene rings is 1. The maximum absolute atomic E-state index is 11.3. The first-order chi connectivity index (χ1) is 6.88. The fourth-order valence-electron chi connectivity index (χ4n) is 0.975. The summed E-state index contributed by atoms with van der Waals surface area (Å²) in [6.45, 7) is 7.22. The maximum Gasteiger partial charge on any atom is 0.514 e. The topological polar surface area (TPSA) is 35.5 Å². The van der Waals surface area contributed by atoms with Crippen molar-refractivity contribution >= 4 is 6.16 Å². The van der Waals surface area contributed by atoms with Crippen LogP contribution in [0.1, 0.15) is 26.3 Å². The highest BCUT2D eigenvalue weighted by atomic mass is 16.7. The van der Waals surface area contributed by atoms with Gasteiger partial charge in [-0.25, -0.2) is 4.79 Å². The lowest BCUT2D eigenvalue weighted by atomic mass is 10.2. The van der Waals surface area contributed by atoms with Crippen molar-refractivity contribution in [2.75, 3.05) is 0 Å². The van der Waals surface area contributed by atoms with Crippen LogP contribution in [0.2, 0.25) is 0 Å². The molecule has 0 spiro atoms. The smallest absolute Gasteiger partial charge is 0.428 e. The second kappa shape index (κ2) is 4.34. The first-order valence-electron chi connectivity index (χ1n) is 4.76. The molecule has 0 N–H and O–H groups in total. The molecule has 0 unspecified atom stereocenters. The molecule has 1 radical (unpaired) electrons. The van der Waals surface area contributed by atoms with Gasteiger partial charge in [0.2, 0.25) is 0 Å². The lowest BCUT2D eigenvalue weighted by molar-refractivity contribution is 0.0205. The predicted octanol–water partition coefficient (Wildman–Crippen LogP) is 3.11. The average molecular weight is 207 g/mol. The molecule has 0 aliphatic heterocycles. The summed E-state index contributed by atoms with van der Waals surface area (Å²) in [7, 11) is 0. The van der Waals surface area contributed by atoms with E-state index in [1.54, 1.807) is 39.0 Å². The zero-order valence-corrected chi connectivity index (χ0v) is 9.46. The van der Waals surface area contributed by atoms with E-state index < -0.39 is 11.8 Å². The molecule has 0 bridgehead atoms. The zero-order valence-electron chi connectivity index (χ0n) is 9.46. The second-order valence-corrected chi connectivity index (χ2v) is 4.26. The van der Waals surface area contributed by atoms with E-state index in [0.717, 1.165) is 5.56 Å². The number of ether oxygens (including phenoxy) is 2. The molecule has 81 valence electrons. The Hall–Kier alpha value is -1.51. The van der Waals surface area contributed by atoms with Crippen LogP contribution in [0.15, 0.2) is 18.2 Å². The Balaban J connectivity index is 2.64. The standard InChI is InChI=1S/C12H15O3/c1-9-7-5-6-8-10(9)14-11(13)15-12(2,3)4/h6-8H,1-4H3. The van der Waals surface area contributed by atoms with E-state index in [1.807, 2.05) is 6.92 Å². The molecule has 0 heterocycles. The van der Waals surface area contributed by atoms with Gasteiger partial charge in [-0.05, 0) is 51.5 Å². The van der Waals surface area contributed by atoms with Crippen molar-refractivity contribution in [3.63, 3.8) is 0 Å². The van der Waals surface area contributed by atoms with Crippen molar-refractivity contribution in [3.05, 3.63) is 29.8 Å². The molecular weight excluding hydrogens is 192 g/mol. The van der Waals surface area contributed by atoms with Gasteiger partial charge in [0.15, 0.2) is 0 Å². The minimum Gasteiger partial charge on any atom is -0.428 e. The van der Waals surface area contributed by atoms with Crippen LogP contribution in [0, 0.1) is 13.0 Å². The zero-order chi connectivity index (χ0) is 11.5. The van der Waals surface area contributed by atoms with Crippen LogP contribution < -0.4 is 4.74 Å². The Morgan fingerprint density at radius 3 is 2.60 bits per heavy atom. The van der Waals surface area contributed by atoms with Crippen LogP contribution in [0.5, 0.6) is 5.75 Å².